The second-order valence-electron chi connectivity index (χ2n) is 4.41. The van der Waals surface area contributed by atoms with E-state index in [1.54, 1.807) is 10.9 Å². The van der Waals surface area contributed by atoms with Gasteiger partial charge in [0, 0.05) is 39.4 Å². The highest BCUT2D eigenvalue weighted by molar-refractivity contribution is 5.82. The maximum atomic E-state index is 12.1. The third-order valence-electron chi connectivity index (χ3n) is 2.96. The highest BCUT2D eigenvalue weighted by atomic mass is 16.2. The summed E-state index contributed by atoms with van der Waals surface area (Å²) < 4.78 is 1.72. The molecule has 0 aliphatic carbocycles. The van der Waals surface area contributed by atoms with Crippen LogP contribution in [0, 0.1) is 0 Å². The summed E-state index contributed by atoms with van der Waals surface area (Å²) in [6.07, 6.45) is 4.20. The molecule has 1 aromatic rings. The Balaban J connectivity index is 1.90. The monoisotopic (exact) mass is 237 g/mol. The molecule has 0 spiro atoms. The molecule has 0 aromatic carbocycles. The van der Waals surface area contributed by atoms with Crippen LogP contribution >= 0.6 is 0 Å². The number of nitrogens with one attached hydrogen (secondary N) is 1. The Labute approximate surface area is 101 Å². The van der Waals surface area contributed by atoms with Crippen LogP contribution in [0.1, 0.15) is 5.56 Å². The first-order valence-corrected chi connectivity index (χ1v) is 5.89. The number of amides is 1. The van der Waals surface area contributed by atoms with Crippen LogP contribution in [0.25, 0.3) is 0 Å². The van der Waals surface area contributed by atoms with Crippen LogP contribution in [0.4, 0.5) is 0 Å². The standard InChI is InChI=1S/C11H19N5O/c1-15-8-9(7-14-15)6-10(12)11(17)16-4-2-13-3-5-16/h7-8,10,13H,2-6,12H2,1H3. The SMILES string of the molecule is Cn1cc(CC(N)C(=O)N2CCNCC2)cn1. The second kappa shape index (κ2) is 5.29. The molecule has 2 rings (SSSR count). The molecule has 1 amide bonds. The zero-order valence-electron chi connectivity index (χ0n) is 10.1. The van der Waals surface area contributed by atoms with Gasteiger partial charge < -0.3 is 16.0 Å². The Morgan fingerprint density at radius 1 is 1.59 bits per heavy atom. The number of nitrogens with zero attached hydrogens (tertiary/aromatic N) is 3. The van der Waals surface area contributed by atoms with Crippen molar-refractivity contribution in [2.45, 2.75) is 12.5 Å². The molecule has 1 aliphatic rings. The Morgan fingerprint density at radius 3 is 2.88 bits per heavy atom. The summed E-state index contributed by atoms with van der Waals surface area (Å²) in [4.78, 5) is 13.9. The fourth-order valence-electron chi connectivity index (χ4n) is 2.04. The average molecular weight is 237 g/mol. The van der Waals surface area contributed by atoms with E-state index in [1.165, 1.54) is 0 Å². The first-order chi connectivity index (χ1) is 8.16. The molecule has 0 radical (unpaired) electrons. The van der Waals surface area contributed by atoms with Gasteiger partial charge in [0.2, 0.25) is 5.91 Å². The van der Waals surface area contributed by atoms with Crippen molar-refractivity contribution in [1.82, 2.24) is 20.0 Å². The minimum Gasteiger partial charge on any atom is -0.339 e. The molecule has 1 aromatic heterocycles. The zero-order valence-corrected chi connectivity index (χ0v) is 10.1. The number of carbonyl (C=O) groups excluding carboxylic acids is 1. The fraction of sp³-hybridized carbons (Fsp3) is 0.636. The molecule has 17 heavy (non-hydrogen) atoms. The van der Waals surface area contributed by atoms with Gasteiger partial charge in [-0.15, -0.1) is 0 Å². The van der Waals surface area contributed by atoms with Crippen LogP contribution in [-0.4, -0.2) is 52.8 Å². The van der Waals surface area contributed by atoms with E-state index in [0.717, 1.165) is 31.7 Å². The predicted octanol–water partition coefficient (Wildman–Crippen LogP) is -1.28. The number of rotatable bonds is 3. The van der Waals surface area contributed by atoms with Crippen LogP contribution in [0.2, 0.25) is 0 Å². The van der Waals surface area contributed by atoms with Crippen LogP contribution in [0.15, 0.2) is 12.4 Å². The molecule has 1 fully saturated rings. The van der Waals surface area contributed by atoms with Crippen LogP contribution < -0.4 is 11.1 Å². The van der Waals surface area contributed by atoms with Gasteiger partial charge >= 0.3 is 0 Å². The van der Waals surface area contributed by atoms with E-state index in [0.29, 0.717) is 6.42 Å². The third kappa shape index (κ3) is 3.04. The smallest absolute Gasteiger partial charge is 0.239 e. The van der Waals surface area contributed by atoms with Gasteiger partial charge in [-0.3, -0.25) is 9.48 Å². The van der Waals surface area contributed by atoms with Crippen molar-refractivity contribution in [3.8, 4) is 0 Å². The lowest BCUT2D eigenvalue weighted by atomic mass is 10.1. The maximum Gasteiger partial charge on any atom is 0.239 e. The quantitative estimate of drug-likeness (QED) is 0.686. The molecule has 0 saturated carbocycles. The van der Waals surface area contributed by atoms with Crippen LogP contribution in [0.3, 0.4) is 0 Å². The minimum absolute atomic E-state index is 0.0374. The topological polar surface area (TPSA) is 76.2 Å². The summed E-state index contributed by atoms with van der Waals surface area (Å²) in [6, 6.07) is -0.461. The summed E-state index contributed by atoms with van der Waals surface area (Å²) >= 11 is 0. The van der Waals surface area contributed by atoms with Crippen molar-refractivity contribution in [1.29, 1.82) is 0 Å². The van der Waals surface area contributed by atoms with Gasteiger partial charge in [-0.05, 0) is 12.0 Å². The van der Waals surface area contributed by atoms with Crippen molar-refractivity contribution in [2.75, 3.05) is 26.2 Å². The third-order valence-corrected chi connectivity index (χ3v) is 2.96. The Kier molecular flexibility index (Phi) is 3.75. The summed E-state index contributed by atoms with van der Waals surface area (Å²) in [5.74, 6) is 0.0374. The van der Waals surface area contributed by atoms with Crippen molar-refractivity contribution in [3.05, 3.63) is 18.0 Å². The van der Waals surface area contributed by atoms with Gasteiger partial charge in [0.1, 0.15) is 0 Å². The molecule has 1 aliphatic heterocycles. The normalized spacial score (nSPS) is 18.1. The van der Waals surface area contributed by atoms with Gasteiger partial charge in [-0.2, -0.15) is 5.10 Å². The molecule has 1 atom stereocenters. The molecule has 1 saturated heterocycles. The average Bonchev–Trinajstić information content (AvgIpc) is 2.75. The molecule has 2 heterocycles. The number of hydrogen-bond donors (Lipinski definition) is 2. The first-order valence-electron chi connectivity index (χ1n) is 5.89. The number of aromatic nitrogens is 2. The number of aryl methyl sites for hydroxylation is 1. The lowest BCUT2D eigenvalue weighted by Crippen LogP contribution is -2.52. The van der Waals surface area contributed by atoms with E-state index >= 15 is 0 Å². The predicted molar refractivity (Wildman–Crippen MR) is 64.3 cm³/mol. The number of hydrogen-bond acceptors (Lipinski definition) is 4. The number of carbonyl (C=O) groups is 1. The summed E-state index contributed by atoms with van der Waals surface area (Å²) in [5, 5.41) is 7.28. The van der Waals surface area contributed by atoms with Crippen molar-refractivity contribution < 1.29 is 4.79 Å². The summed E-state index contributed by atoms with van der Waals surface area (Å²) in [6.45, 7) is 3.20. The molecule has 94 valence electrons. The number of nitrogens with two attached hydrogens (primary N) is 1. The Hall–Kier alpha value is -1.40. The molecular weight excluding hydrogens is 218 g/mol. The number of piperazine rings is 1. The Morgan fingerprint density at radius 2 is 2.29 bits per heavy atom. The van der Waals surface area contributed by atoms with E-state index in [9.17, 15) is 4.79 Å². The van der Waals surface area contributed by atoms with Crippen LogP contribution in [0.5, 0.6) is 0 Å². The van der Waals surface area contributed by atoms with E-state index in [4.69, 9.17) is 5.73 Å². The van der Waals surface area contributed by atoms with Gasteiger partial charge in [0.15, 0.2) is 0 Å². The fourth-order valence-corrected chi connectivity index (χ4v) is 2.04. The zero-order chi connectivity index (χ0) is 12.3. The van der Waals surface area contributed by atoms with Crippen molar-refractivity contribution in [2.24, 2.45) is 12.8 Å². The van der Waals surface area contributed by atoms with Gasteiger partial charge in [0.05, 0.1) is 12.2 Å². The van der Waals surface area contributed by atoms with Crippen molar-refractivity contribution in [3.63, 3.8) is 0 Å². The highest BCUT2D eigenvalue weighted by Crippen LogP contribution is 2.04. The molecule has 3 N–H and O–H groups in total. The van der Waals surface area contributed by atoms with E-state index in [-0.39, 0.29) is 5.91 Å². The highest BCUT2D eigenvalue weighted by Gasteiger charge is 2.22. The molecule has 1 unspecified atom stereocenters. The van der Waals surface area contributed by atoms with Crippen molar-refractivity contribution >= 4 is 5.91 Å². The largest absolute Gasteiger partial charge is 0.339 e. The maximum absolute atomic E-state index is 12.1. The second-order valence-corrected chi connectivity index (χ2v) is 4.41. The summed E-state index contributed by atoms with van der Waals surface area (Å²) in [5.41, 5.74) is 6.94. The van der Waals surface area contributed by atoms with E-state index < -0.39 is 6.04 Å². The molecule has 6 heteroatoms. The molecule has 6 nitrogen and oxygen atoms in total. The van der Waals surface area contributed by atoms with Gasteiger partial charge in [-0.1, -0.05) is 0 Å². The van der Waals surface area contributed by atoms with Gasteiger partial charge in [-0.25, -0.2) is 0 Å². The van der Waals surface area contributed by atoms with Gasteiger partial charge in [0.25, 0.3) is 0 Å². The molecular formula is C11H19N5O. The lowest BCUT2D eigenvalue weighted by Gasteiger charge is -2.29. The van der Waals surface area contributed by atoms with E-state index in [2.05, 4.69) is 10.4 Å². The van der Waals surface area contributed by atoms with E-state index in [1.807, 2.05) is 18.1 Å². The summed E-state index contributed by atoms with van der Waals surface area (Å²) in [7, 11) is 1.85. The first kappa shape index (κ1) is 12.1. The van der Waals surface area contributed by atoms with Crippen LogP contribution in [-0.2, 0) is 18.3 Å². The lowest BCUT2D eigenvalue weighted by molar-refractivity contribution is -0.133. The minimum atomic E-state index is -0.461. The molecule has 0 bridgehead atoms. The Bertz CT molecular complexity index is 383.